The molecule has 3 rings (SSSR count). The summed E-state index contributed by atoms with van der Waals surface area (Å²) >= 11 is 0. The van der Waals surface area contributed by atoms with Crippen molar-refractivity contribution < 1.29 is 24.2 Å². The molecule has 3 fully saturated rings. The number of aliphatic hydroxyl groups is 1. The van der Waals surface area contributed by atoms with E-state index in [2.05, 4.69) is 13.2 Å². The molecule has 1 N–H and O–H groups in total. The molecule has 0 aromatic carbocycles. The van der Waals surface area contributed by atoms with Crippen LogP contribution in [0, 0.1) is 17.8 Å². The predicted molar refractivity (Wildman–Crippen MR) is 125 cm³/mol. The average Bonchev–Trinajstić information content (AvgIpc) is 3.27. The third-order valence-corrected chi connectivity index (χ3v) is 8.00. The second-order valence-corrected chi connectivity index (χ2v) is 10.4. The minimum atomic E-state index is -1.12. The fraction of sp³-hybridized carbons (Fsp3) is 0.720. The molecule has 0 aromatic rings. The fourth-order valence-corrected chi connectivity index (χ4v) is 6.27. The van der Waals surface area contributed by atoms with Gasteiger partial charge in [-0.1, -0.05) is 19.1 Å². The topological polar surface area (TPSA) is 90.4 Å². The van der Waals surface area contributed by atoms with Gasteiger partial charge in [0.05, 0.1) is 30.1 Å². The third kappa shape index (κ3) is 3.53. The number of aliphatic hydroxyl groups excluding tert-OH is 1. The lowest BCUT2D eigenvalue weighted by molar-refractivity contribution is -0.157. The van der Waals surface area contributed by atoms with Gasteiger partial charge in [0.15, 0.2) is 0 Å². The predicted octanol–water partition coefficient (Wildman–Crippen LogP) is 1.45. The number of carbonyl (C=O) groups excluding carboxylic acids is 3. The van der Waals surface area contributed by atoms with Crippen LogP contribution in [0.4, 0.5) is 0 Å². The first-order valence-corrected chi connectivity index (χ1v) is 11.8. The van der Waals surface area contributed by atoms with Crippen molar-refractivity contribution in [2.24, 2.45) is 17.8 Å². The SMILES string of the molecule is C=CCN(C)C(=O)[C@@H]1[C@H]2C(=O)N([C@H](C)CO)C(C(=O)N(CC=C)C(C)C)C23CC(C)[C@@]1(C)O3. The highest BCUT2D eigenvalue weighted by Crippen LogP contribution is 2.65. The Balaban J connectivity index is 2.16. The number of hydrogen-bond donors (Lipinski definition) is 1. The summed E-state index contributed by atoms with van der Waals surface area (Å²) < 4.78 is 6.69. The summed E-state index contributed by atoms with van der Waals surface area (Å²) in [6.07, 6.45) is 3.81. The van der Waals surface area contributed by atoms with Crippen molar-refractivity contribution in [3.8, 4) is 0 Å². The number of likely N-dealkylation sites (N-methyl/N-ethyl adjacent to an activating group) is 1. The van der Waals surface area contributed by atoms with Gasteiger partial charge in [-0.15, -0.1) is 13.2 Å². The number of nitrogens with zero attached hydrogens (tertiary/aromatic N) is 3. The van der Waals surface area contributed by atoms with Gasteiger partial charge in [0.25, 0.3) is 0 Å². The zero-order chi connectivity index (χ0) is 24.9. The van der Waals surface area contributed by atoms with E-state index in [1.54, 1.807) is 35.9 Å². The summed E-state index contributed by atoms with van der Waals surface area (Å²) in [4.78, 5) is 46.3. The number of hydrogen-bond acceptors (Lipinski definition) is 5. The number of fused-ring (bicyclic) bond motifs is 1. The van der Waals surface area contributed by atoms with Crippen LogP contribution in [0.25, 0.3) is 0 Å². The molecular formula is C25H39N3O5. The molecule has 1 spiro atoms. The molecule has 184 valence electrons. The normalized spacial score (nSPS) is 35.5. The maximum atomic E-state index is 14.0. The van der Waals surface area contributed by atoms with Gasteiger partial charge in [0, 0.05) is 26.2 Å². The highest BCUT2D eigenvalue weighted by molar-refractivity contribution is 5.99. The average molecular weight is 462 g/mol. The number of rotatable bonds is 9. The van der Waals surface area contributed by atoms with Crippen molar-refractivity contribution in [1.82, 2.24) is 14.7 Å². The number of ether oxygens (including phenoxy) is 1. The Labute approximate surface area is 197 Å². The lowest BCUT2D eigenvalue weighted by Crippen LogP contribution is -2.59. The van der Waals surface area contributed by atoms with Crippen LogP contribution in [0.1, 0.15) is 41.0 Å². The molecule has 3 heterocycles. The molecule has 8 nitrogen and oxygen atoms in total. The first kappa shape index (κ1) is 25.4. The summed E-state index contributed by atoms with van der Waals surface area (Å²) in [5.41, 5.74) is -1.98. The van der Waals surface area contributed by atoms with Gasteiger partial charge in [-0.05, 0) is 40.0 Å². The number of carbonyl (C=O) groups is 3. The summed E-state index contributed by atoms with van der Waals surface area (Å²) in [6.45, 7) is 17.4. The van der Waals surface area contributed by atoms with E-state index in [1.807, 2.05) is 27.7 Å². The summed E-state index contributed by atoms with van der Waals surface area (Å²) in [5, 5.41) is 9.97. The van der Waals surface area contributed by atoms with Crippen LogP contribution in [-0.2, 0) is 19.1 Å². The van der Waals surface area contributed by atoms with Gasteiger partial charge >= 0.3 is 0 Å². The van der Waals surface area contributed by atoms with E-state index < -0.39 is 35.1 Å². The Hall–Kier alpha value is -2.19. The van der Waals surface area contributed by atoms with E-state index in [1.165, 1.54) is 4.90 Å². The van der Waals surface area contributed by atoms with Gasteiger partial charge in [-0.3, -0.25) is 14.4 Å². The van der Waals surface area contributed by atoms with Crippen LogP contribution in [-0.4, -0.2) is 93.6 Å². The van der Waals surface area contributed by atoms with E-state index in [9.17, 15) is 19.5 Å². The van der Waals surface area contributed by atoms with E-state index in [-0.39, 0.29) is 36.3 Å². The second-order valence-electron chi connectivity index (χ2n) is 10.4. The molecule has 3 aliphatic rings. The molecule has 0 saturated carbocycles. The molecule has 0 aromatic heterocycles. The molecule has 3 saturated heterocycles. The Morgan fingerprint density at radius 2 is 1.85 bits per heavy atom. The molecule has 7 atom stereocenters. The van der Waals surface area contributed by atoms with Crippen LogP contribution < -0.4 is 0 Å². The minimum Gasteiger partial charge on any atom is -0.394 e. The van der Waals surface area contributed by atoms with E-state index >= 15 is 0 Å². The largest absolute Gasteiger partial charge is 0.394 e. The van der Waals surface area contributed by atoms with Gasteiger partial charge in [-0.25, -0.2) is 0 Å². The van der Waals surface area contributed by atoms with Crippen LogP contribution in [0.2, 0.25) is 0 Å². The smallest absolute Gasteiger partial charge is 0.248 e. The second kappa shape index (κ2) is 8.87. The van der Waals surface area contributed by atoms with Crippen molar-refractivity contribution in [1.29, 1.82) is 0 Å². The highest BCUT2D eigenvalue weighted by Gasteiger charge is 2.80. The first-order chi connectivity index (χ1) is 15.4. The monoisotopic (exact) mass is 461 g/mol. The van der Waals surface area contributed by atoms with Gasteiger partial charge in [0.2, 0.25) is 17.7 Å². The third-order valence-electron chi connectivity index (χ3n) is 8.00. The lowest BCUT2D eigenvalue weighted by atomic mass is 9.62. The Bertz CT molecular complexity index is 844. The molecule has 0 aliphatic carbocycles. The van der Waals surface area contributed by atoms with E-state index in [0.717, 1.165) is 0 Å². The molecule has 8 heteroatoms. The highest BCUT2D eigenvalue weighted by atomic mass is 16.5. The Morgan fingerprint density at radius 1 is 1.24 bits per heavy atom. The summed E-state index contributed by atoms with van der Waals surface area (Å²) in [6, 6.07) is -1.61. The van der Waals surface area contributed by atoms with Gasteiger partial charge in [0.1, 0.15) is 11.6 Å². The molecule has 3 aliphatic heterocycles. The number of amides is 3. The quantitative estimate of drug-likeness (QED) is 0.525. The fourth-order valence-electron chi connectivity index (χ4n) is 6.27. The summed E-state index contributed by atoms with van der Waals surface area (Å²) in [7, 11) is 1.69. The maximum Gasteiger partial charge on any atom is 0.248 e. The molecule has 33 heavy (non-hydrogen) atoms. The van der Waals surface area contributed by atoms with Gasteiger partial charge < -0.3 is 24.5 Å². The molecular weight excluding hydrogens is 422 g/mol. The van der Waals surface area contributed by atoms with Gasteiger partial charge in [-0.2, -0.15) is 0 Å². The zero-order valence-electron chi connectivity index (χ0n) is 20.8. The lowest BCUT2D eigenvalue weighted by Gasteiger charge is -2.40. The Kier molecular flexibility index (Phi) is 6.84. The van der Waals surface area contributed by atoms with Crippen LogP contribution in [0.5, 0.6) is 0 Å². The molecule has 3 unspecified atom stereocenters. The molecule has 3 amide bonds. The number of likely N-dealkylation sites (tertiary alicyclic amines) is 1. The van der Waals surface area contributed by atoms with Crippen LogP contribution in [0.3, 0.4) is 0 Å². The molecule has 2 bridgehead atoms. The van der Waals surface area contributed by atoms with Crippen LogP contribution in [0.15, 0.2) is 25.3 Å². The summed E-state index contributed by atoms with van der Waals surface area (Å²) in [5.74, 6) is -2.22. The maximum absolute atomic E-state index is 14.0. The van der Waals surface area contributed by atoms with Crippen molar-refractivity contribution in [2.45, 2.75) is 70.4 Å². The Morgan fingerprint density at radius 3 is 2.36 bits per heavy atom. The van der Waals surface area contributed by atoms with E-state index in [0.29, 0.717) is 19.5 Å². The van der Waals surface area contributed by atoms with Crippen molar-refractivity contribution in [3.05, 3.63) is 25.3 Å². The van der Waals surface area contributed by atoms with Crippen molar-refractivity contribution >= 4 is 17.7 Å². The minimum absolute atomic E-state index is 0.0285. The van der Waals surface area contributed by atoms with Crippen LogP contribution >= 0.6 is 0 Å². The molecule has 0 radical (unpaired) electrons. The van der Waals surface area contributed by atoms with Crippen molar-refractivity contribution in [3.63, 3.8) is 0 Å². The standard InChI is InChI=1S/C25H39N3O5/c1-9-11-26(8)21(30)18-19-22(31)28(17(6)14-29)20(23(32)27(12-10-2)15(3)4)25(19)13-16(5)24(18,7)33-25/h9-10,15-20,29H,1-2,11-14H2,3-8H3/t16?,17-,18+,19+,20?,24-,25?/m1/s1. The van der Waals surface area contributed by atoms with Crippen molar-refractivity contribution in [2.75, 3.05) is 26.7 Å². The van der Waals surface area contributed by atoms with E-state index in [4.69, 9.17) is 4.74 Å². The zero-order valence-corrected chi connectivity index (χ0v) is 20.8. The first-order valence-electron chi connectivity index (χ1n) is 11.8.